The fourth-order valence-electron chi connectivity index (χ4n) is 4.34. The molecule has 1 aromatic carbocycles. The van der Waals surface area contributed by atoms with Crippen molar-refractivity contribution < 1.29 is 22.6 Å². The molecule has 2 fully saturated rings. The first kappa shape index (κ1) is 20.3. The Labute approximate surface area is 181 Å². The number of sulfone groups is 1. The largest absolute Gasteiger partial charge is 0.710 e. The van der Waals surface area contributed by atoms with E-state index in [2.05, 4.69) is 4.98 Å². The molecule has 164 valence electrons. The molecule has 1 saturated heterocycles. The van der Waals surface area contributed by atoms with Crippen molar-refractivity contribution >= 4 is 20.9 Å². The minimum atomic E-state index is -3.39. The van der Waals surface area contributed by atoms with Crippen LogP contribution in [0, 0.1) is 12.1 Å². The van der Waals surface area contributed by atoms with Crippen molar-refractivity contribution in [1.29, 1.82) is 0 Å². The molecule has 3 aromatic rings. The van der Waals surface area contributed by atoms with E-state index in [0.29, 0.717) is 53.6 Å². The Morgan fingerprint density at radius 1 is 1.10 bits per heavy atom. The van der Waals surface area contributed by atoms with E-state index < -0.39 is 9.84 Å². The summed E-state index contributed by atoms with van der Waals surface area (Å²) in [7, 11) is -3.39. The van der Waals surface area contributed by atoms with Crippen LogP contribution >= 0.6 is 0 Å². The SMILES string of the molecule is Cc1cc(-c2cc(S(=O)(=O)C3CCC3)ccc2OC2CCOCC2)c2cc[nH]c2[n+]1[O-]. The van der Waals surface area contributed by atoms with Gasteiger partial charge in [0.05, 0.1) is 34.9 Å². The number of fused-ring (bicyclic) bond motifs is 1. The smallest absolute Gasteiger partial charge is 0.290 e. The fourth-order valence-corrected chi connectivity index (χ4v) is 6.22. The summed E-state index contributed by atoms with van der Waals surface area (Å²) in [6.45, 7) is 3.04. The van der Waals surface area contributed by atoms with Crippen LogP contribution in [0.25, 0.3) is 22.2 Å². The van der Waals surface area contributed by atoms with Gasteiger partial charge in [-0.3, -0.25) is 0 Å². The Balaban J connectivity index is 1.66. The molecular weight excluding hydrogens is 416 g/mol. The molecule has 0 spiro atoms. The van der Waals surface area contributed by atoms with E-state index in [1.807, 2.05) is 6.07 Å². The highest BCUT2D eigenvalue weighted by Gasteiger charge is 2.33. The van der Waals surface area contributed by atoms with Gasteiger partial charge in [0.2, 0.25) is 0 Å². The van der Waals surface area contributed by atoms with Crippen molar-refractivity contribution in [3.05, 3.63) is 47.4 Å². The van der Waals surface area contributed by atoms with Crippen molar-refractivity contribution in [3.63, 3.8) is 0 Å². The molecule has 0 unspecified atom stereocenters. The fraction of sp³-hybridized carbons (Fsp3) is 0.435. The zero-order valence-corrected chi connectivity index (χ0v) is 18.3. The number of nitrogens with one attached hydrogen (secondary N) is 1. The van der Waals surface area contributed by atoms with Crippen LogP contribution in [0.5, 0.6) is 5.75 Å². The van der Waals surface area contributed by atoms with Crippen molar-refractivity contribution in [3.8, 4) is 16.9 Å². The van der Waals surface area contributed by atoms with Gasteiger partial charge in [-0.05, 0) is 50.1 Å². The van der Waals surface area contributed by atoms with Gasteiger partial charge in [-0.1, -0.05) is 6.42 Å². The van der Waals surface area contributed by atoms with Gasteiger partial charge < -0.3 is 14.7 Å². The third-order valence-electron chi connectivity index (χ3n) is 6.41. The first-order chi connectivity index (χ1) is 14.9. The van der Waals surface area contributed by atoms with Crippen LogP contribution in [0.15, 0.2) is 41.4 Å². The lowest BCUT2D eigenvalue weighted by molar-refractivity contribution is -0.586. The van der Waals surface area contributed by atoms with Crippen molar-refractivity contribution in [2.24, 2.45) is 0 Å². The summed E-state index contributed by atoms with van der Waals surface area (Å²) < 4.78 is 38.9. The molecule has 8 heteroatoms. The molecule has 1 N–H and O–H groups in total. The lowest BCUT2D eigenvalue weighted by Crippen LogP contribution is -2.31. The Bertz CT molecular complexity index is 1220. The molecule has 7 nitrogen and oxygen atoms in total. The molecule has 2 aliphatic rings. The highest BCUT2D eigenvalue weighted by Crippen LogP contribution is 2.39. The summed E-state index contributed by atoms with van der Waals surface area (Å²) in [5.41, 5.74) is 2.45. The number of H-pyrrole nitrogens is 1. The van der Waals surface area contributed by atoms with E-state index in [9.17, 15) is 13.6 Å². The Morgan fingerprint density at radius 2 is 1.87 bits per heavy atom. The molecule has 0 bridgehead atoms. The molecule has 2 aromatic heterocycles. The summed E-state index contributed by atoms with van der Waals surface area (Å²) in [5, 5.41) is 12.9. The van der Waals surface area contributed by atoms with Crippen molar-refractivity contribution in [2.45, 2.75) is 55.3 Å². The van der Waals surface area contributed by atoms with Gasteiger partial charge in [0, 0.05) is 24.0 Å². The van der Waals surface area contributed by atoms with Crippen LogP contribution in [-0.2, 0) is 14.6 Å². The van der Waals surface area contributed by atoms with E-state index in [1.54, 1.807) is 37.4 Å². The van der Waals surface area contributed by atoms with Gasteiger partial charge in [-0.2, -0.15) is 0 Å². The quantitative estimate of drug-likeness (QED) is 0.481. The topological polar surface area (TPSA) is 95.3 Å². The summed E-state index contributed by atoms with van der Waals surface area (Å²) in [6, 6.07) is 8.78. The minimum absolute atomic E-state index is 0.0116. The molecule has 1 aliphatic carbocycles. The number of ether oxygens (including phenoxy) is 2. The maximum atomic E-state index is 13.1. The molecular formula is C23H26N2O5S. The van der Waals surface area contributed by atoms with Crippen LogP contribution in [0.3, 0.4) is 0 Å². The third kappa shape index (κ3) is 3.57. The first-order valence-electron chi connectivity index (χ1n) is 10.8. The molecule has 5 rings (SSSR count). The lowest BCUT2D eigenvalue weighted by Gasteiger charge is -2.27. The number of hydrogen-bond acceptors (Lipinski definition) is 5. The second kappa shape index (κ2) is 7.84. The van der Waals surface area contributed by atoms with Crippen molar-refractivity contribution in [2.75, 3.05) is 13.2 Å². The summed E-state index contributed by atoms with van der Waals surface area (Å²) in [6.07, 6.45) is 5.67. The van der Waals surface area contributed by atoms with Crippen molar-refractivity contribution in [1.82, 2.24) is 4.98 Å². The summed E-state index contributed by atoms with van der Waals surface area (Å²) in [4.78, 5) is 3.31. The highest BCUT2D eigenvalue weighted by molar-refractivity contribution is 7.92. The normalized spacial score (nSPS) is 18.2. The Hall–Kier alpha value is -2.58. The lowest BCUT2D eigenvalue weighted by atomic mass is 10.00. The van der Waals surface area contributed by atoms with Crippen LogP contribution in [0.2, 0.25) is 0 Å². The van der Waals surface area contributed by atoms with Gasteiger partial charge in [-0.25, -0.2) is 18.1 Å². The molecule has 1 saturated carbocycles. The maximum Gasteiger partial charge on any atom is 0.290 e. The van der Waals surface area contributed by atoms with Gasteiger partial charge >= 0.3 is 0 Å². The zero-order valence-electron chi connectivity index (χ0n) is 17.5. The molecule has 1 aliphatic heterocycles. The van der Waals surface area contributed by atoms with Crippen LogP contribution < -0.4 is 9.47 Å². The van der Waals surface area contributed by atoms with E-state index in [0.717, 1.165) is 34.9 Å². The number of benzene rings is 1. The maximum absolute atomic E-state index is 13.1. The predicted octanol–water partition coefficient (Wildman–Crippen LogP) is 3.66. The predicted molar refractivity (Wildman–Crippen MR) is 117 cm³/mol. The highest BCUT2D eigenvalue weighted by atomic mass is 32.2. The van der Waals surface area contributed by atoms with Crippen LogP contribution in [0.1, 0.15) is 37.8 Å². The average molecular weight is 443 g/mol. The number of pyridine rings is 1. The third-order valence-corrected chi connectivity index (χ3v) is 8.67. The Kier molecular flexibility index (Phi) is 5.14. The first-order valence-corrected chi connectivity index (χ1v) is 12.3. The minimum Gasteiger partial charge on any atom is -0.710 e. The van der Waals surface area contributed by atoms with Gasteiger partial charge in [0.25, 0.3) is 5.65 Å². The van der Waals surface area contributed by atoms with E-state index >= 15 is 0 Å². The van der Waals surface area contributed by atoms with Gasteiger partial charge in [0.15, 0.2) is 9.84 Å². The summed E-state index contributed by atoms with van der Waals surface area (Å²) >= 11 is 0. The summed E-state index contributed by atoms with van der Waals surface area (Å²) in [5.74, 6) is 0.630. The molecule has 0 radical (unpaired) electrons. The second-order valence-corrected chi connectivity index (χ2v) is 10.6. The average Bonchev–Trinajstić information content (AvgIpc) is 3.20. The number of aromatic amines is 1. The van der Waals surface area contributed by atoms with E-state index in [4.69, 9.17) is 9.47 Å². The molecule has 31 heavy (non-hydrogen) atoms. The van der Waals surface area contributed by atoms with E-state index in [-0.39, 0.29) is 11.4 Å². The molecule has 3 heterocycles. The molecule has 0 atom stereocenters. The number of hydrogen-bond donors (Lipinski definition) is 1. The van der Waals surface area contributed by atoms with E-state index in [1.165, 1.54) is 0 Å². The zero-order chi connectivity index (χ0) is 21.6. The van der Waals surface area contributed by atoms with Gasteiger partial charge in [0.1, 0.15) is 17.5 Å². The molecule has 0 amide bonds. The standard InChI is InChI=1S/C23H26N2O5S/c1-15-13-20(19-7-10-24-23(19)25(15)26)21-14-18(31(27,28)17-3-2-4-17)5-6-22(21)30-16-8-11-29-12-9-16/h5-7,10,13-14,16-17,24H,2-4,8-9,11-12H2,1H3. The van der Waals surface area contributed by atoms with Gasteiger partial charge in [-0.15, -0.1) is 0 Å². The number of aryl methyl sites for hydroxylation is 1. The number of rotatable bonds is 5. The second-order valence-electron chi connectivity index (χ2n) is 8.42. The van der Waals surface area contributed by atoms with Crippen LogP contribution in [-0.4, -0.2) is 38.0 Å². The monoisotopic (exact) mass is 442 g/mol. The number of nitrogens with zero attached hydrogens (tertiary/aromatic N) is 1. The number of aromatic nitrogens is 2. The Morgan fingerprint density at radius 3 is 2.58 bits per heavy atom. The van der Waals surface area contributed by atoms with Crippen LogP contribution in [0.4, 0.5) is 0 Å².